The number of hydrogen-bond acceptors (Lipinski definition) is 6. The summed E-state index contributed by atoms with van der Waals surface area (Å²) in [6, 6.07) is 4.70. The van der Waals surface area contributed by atoms with Gasteiger partial charge in [0.2, 0.25) is 0 Å². The van der Waals surface area contributed by atoms with Crippen molar-refractivity contribution in [3.05, 3.63) is 51.8 Å². The SMILES string of the molecule is Cc1nc(C2CN(C(=O)c3ccc(F)cc3OC3CC4CCC3N4)CC2=N)nc(C)c1Cl. The molecule has 2 aromatic rings. The van der Waals surface area contributed by atoms with Crippen molar-refractivity contribution in [2.45, 2.75) is 57.2 Å². The summed E-state index contributed by atoms with van der Waals surface area (Å²) in [5.74, 6) is -0.369. The van der Waals surface area contributed by atoms with Crippen molar-refractivity contribution < 1.29 is 13.9 Å². The van der Waals surface area contributed by atoms with E-state index < -0.39 is 11.7 Å². The quantitative estimate of drug-likeness (QED) is 0.734. The highest BCUT2D eigenvalue weighted by atomic mass is 35.5. The minimum absolute atomic E-state index is 0.0693. The van der Waals surface area contributed by atoms with Crippen LogP contribution in [0.1, 0.15) is 52.8 Å². The van der Waals surface area contributed by atoms with Crippen molar-refractivity contribution in [1.29, 1.82) is 5.41 Å². The summed E-state index contributed by atoms with van der Waals surface area (Å²) in [6.45, 7) is 4.05. The van der Waals surface area contributed by atoms with Gasteiger partial charge in [0.25, 0.3) is 5.91 Å². The van der Waals surface area contributed by atoms with Crippen LogP contribution in [0.4, 0.5) is 4.39 Å². The van der Waals surface area contributed by atoms with E-state index >= 15 is 0 Å². The van der Waals surface area contributed by atoms with Gasteiger partial charge >= 0.3 is 0 Å². The van der Waals surface area contributed by atoms with E-state index in [1.54, 1.807) is 18.7 Å². The molecule has 7 nitrogen and oxygen atoms in total. The van der Waals surface area contributed by atoms with Crippen molar-refractivity contribution >= 4 is 23.2 Å². The number of rotatable bonds is 4. The lowest BCUT2D eigenvalue weighted by Gasteiger charge is -2.24. The summed E-state index contributed by atoms with van der Waals surface area (Å²) < 4.78 is 20.2. The Balaban J connectivity index is 1.37. The third kappa shape index (κ3) is 3.75. The lowest BCUT2D eigenvalue weighted by molar-refractivity contribution is 0.0785. The van der Waals surface area contributed by atoms with Crippen molar-refractivity contribution in [1.82, 2.24) is 20.2 Å². The molecule has 32 heavy (non-hydrogen) atoms. The summed E-state index contributed by atoms with van der Waals surface area (Å²) in [6.07, 6.45) is 2.94. The predicted molar refractivity (Wildman–Crippen MR) is 118 cm³/mol. The van der Waals surface area contributed by atoms with E-state index in [2.05, 4.69) is 15.3 Å². The predicted octanol–water partition coefficient (Wildman–Crippen LogP) is 3.42. The Morgan fingerprint density at radius 1 is 1.28 bits per heavy atom. The first kappa shape index (κ1) is 21.3. The largest absolute Gasteiger partial charge is 0.488 e. The Kier molecular flexibility index (Phi) is 5.37. The molecule has 2 bridgehead atoms. The Hall–Kier alpha value is -2.58. The molecule has 0 radical (unpaired) electrons. The van der Waals surface area contributed by atoms with E-state index in [4.69, 9.17) is 21.7 Å². The molecule has 3 aliphatic heterocycles. The third-order valence-corrected chi connectivity index (χ3v) is 7.22. The van der Waals surface area contributed by atoms with Crippen LogP contribution < -0.4 is 10.1 Å². The van der Waals surface area contributed by atoms with Crippen LogP contribution in [0.2, 0.25) is 5.02 Å². The first-order valence-corrected chi connectivity index (χ1v) is 11.3. The number of hydrogen-bond donors (Lipinski definition) is 2. The summed E-state index contributed by atoms with van der Waals surface area (Å²) >= 11 is 6.18. The number of benzene rings is 1. The van der Waals surface area contributed by atoms with E-state index in [1.807, 2.05) is 0 Å². The minimum Gasteiger partial charge on any atom is -0.488 e. The first-order valence-electron chi connectivity index (χ1n) is 10.9. The number of likely N-dealkylation sites (tertiary alicyclic amines) is 1. The van der Waals surface area contributed by atoms with Gasteiger partial charge in [-0.1, -0.05) is 11.6 Å². The summed E-state index contributed by atoms with van der Waals surface area (Å²) in [5.41, 5.74) is 1.98. The molecular weight excluding hydrogens is 433 g/mol. The molecule has 3 saturated heterocycles. The molecule has 1 aromatic carbocycles. The van der Waals surface area contributed by atoms with Gasteiger partial charge in [-0.3, -0.25) is 4.79 Å². The smallest absolute Gasteiger partial charge is 0.257 e. The molecule has 4 atom stereocenters. The monoisotopic (exact) mass is 457 g/mol. The second-order valence-corrected chi connectivity index (χ2v) is 9.29. The second-order valence-electron chi connectivity index (χ2n) is 8.91. The molecule has 168 valence electrons. The number of fused-ring (bicyclic) bond motifs is 2. The molecule has 1 amide bonds. The molecule has 0 aliphatic carbocycles. The zero-order valence-corrected chi connectivity index (χ0v) is 18.7. The Morgan fingerprint density at radius 2 is 2.03 bits per heavy atom. The van der Waals surface area contributed by atoms with Crippen LogP contribution in [-0.2, 0) is 0 Å². The van der Waals surface area contributed by atoms with E-state index in [0.29, 0.717) is 39.6 Å². The molecule has 4 heterocycles. The van der Waals surface area contributed by atoms with Gasteiger partial charge < -0.3 is 20.4 Å². The van der Waals surface area contributed by atoms with Crippen LogP contribution in [0.3, 0.4) is 0 Å². The van der Waals surface area contributed by atoms with Gasteiger partial charge in [-0.05, 0) is 38.8 Å². The maximum Gasteiger partial charge on any atom is 0.257 e. The summed E-state index contributed by atoms with van der Waals surface area (Å²) in [4.78, 5) is 23.8. The van der Waals surface area contributed by atoms with Crippen LogP contribution >= 0.6 is 11.6 Å². The Bertz CT molecular complexity index is 1090. The minimum atomic E-state index is -0.444. The standard InChI is InChI=1S/C23H25ClFN5O2/c1-11-21(24)12(2)28-22(27-11)16-9-30(10-17(16)26)23(31)15-5-3-13(25)7-19(15)32-20-8-14-4-6-18(20)29-14/h3,5,7,14,16,18,20,26,29H,4,6,8-10H2,1-2H3. The van der Waals surface area contributed by atoms with E-state index in [1.165, 1.54) is 18.2 Å². The van der Waals surface area contributed by atoms with E-state index in [-0.39, 0.29) is 36.9 Å². The van der Waals surface area contributed by atoms with Crippen molar-refractivity contribution in [2.24, 2.45) is 0 Å². The molecule has 4 unspecified atom stereocenters. The fourth-order valence-electron chi connectivity index (χ4n) is 5.00. The summed E-state index contributed by atoms with van der Waals surface area (Å²) in [7, 11) is 0. The molecule has 0 spiro atoms. The van der Waals surface area contributed by atoms with Gasteiger partial charge in [0.15, 0.2) is 0 Å². The number of nitrogens with one attached hydrogen (secondary N) is 2. The highest BCUT2D eigenvalue weighted by Gasteiger charge is 2.41. The molecule has 2 N–H and O–H groups in total. The van der Waals surface area contributed by atoms with Gasteiger partial charge in [0.1, 0.15) is 23.5 Å². The average molecular weight is 458 g/mol. The average Bonchev–Trinajstić information content (AvgIpc) is 3.47. The number of amides is 1. The number of halogens is 2. The van der Waals surface area contributed by atoms with Gasteiger partial charge in [-0.25, -0.2) is 14.4 Å². The zero-order chi connectivity index (χ0) is 22.6. The normalized spacial score (nSPS) is 26.8. The number of carbonyl (C=O) groups excluding carboxylic acids is 1. The molecule has 9 heteroatoms. The maximum atomic E-state index is 14.0. The second kappa shape index (κ2) is 8.08. The third-order valence-electron chi connectivity index (χ3n) is 6.68. The highest BCUT2D eigenvalue weighted by Crippen LogP contribution is 2.34. The lowest BCUT2D eigenvalue weighted by atomic mass is 9.97. The van der Waals surface area contributed by atoms with Crippen molar-refractivity contribution in [3.8, 4) is 5.75 Å². The van der Waals surface area contributed by atoms with Crippen LogP contribution in [0.15, 0.2) is 18.2 Å². The van der Waals surface area contributed by atoms with Gasteiger partial charge in [-0.15, -0.1) is 0 Å². The van der Waals surface area contributed by atoms with Crippen LogP contribution in [0.5, 0.6) is 5.75 Å². The Labute approximate surface area is 190 Å². The molecule has 3 fully saturated rings. The molecule has 0 saturated carbocycles. The van der Waals surface area contributed by atoms with Crippen LogP contribution in [-0.4, -0.2) is 57.8 Å². The number of aryl methyl sites for hydroxylation is 2. The van der Waals surface area contributed by atoms with Crippen molar-refractivity contribution in [3.63, 3.8) is 0 Å². The Morgan fingerprint density at radius 3 is 2.69 bits per heavy atom. The van der Waals surface area contributed by atoms with Gasteiger partial charge in [0.05, 0.1) is 34.4 Å². The maximum absolute atomic E-state index is 14.0. The lowest BCUT2D eigenvalue weighted by Crippen LogP contribution is -2.33. The molecule has 1 aromatic heterocycles. The zero-order valence-electron chi connectivity index (χ0n) is 18.0. The first-order chi connectivity index (χ1) is 15.3. The van der Waals surface area contributed by atoms with E-state index in [9.17, 15) is 9.18 Å². The fourth-order valence-corrected chi connectivity index (χ4v) is 5.08. The number of carbonyl (C=O) groups is 1. The highest BCUT2D eigenvalue weighted by molar-refractivity contribution is 6.31. The number of aromatic nitrogens is 2. The molecule has 5 rings (SSSR count). The van der Waals surface area contributed by atoms with Crippen LogP contribution in [0, 0.1) is 25.1 Å². The molecule has 3 aliphatic rings. The van der Waals surface area contributed by atoms with Gasteiger partial charge in [0, 0.05) is 36.8 Å². The fraction of sp³-hybridized carbons (Fsp3) is 0.478. The van der Waals surface area contributed by atoms with Crippen molar-refractivity contribution in [2.75, 3.05) is 13.1 Å². The van der Waals surface area contributed by atoms with Gasteiger partial charge in [-0.2, -0.15) is 0 Å². The topological polar surface area (TPSA) is 91.2 Å². The van der Waals surface area contributed by atoms with E-state index in [0.717, 1.165) is 19.3 Å². The van der Waals surface area contributed by atoms with Crippen LogP contribution in [0.25, 0.3) is 0 Å². The summed E-state index contributed by atoms with van der Waals surface area (Å²) in [5, 5.41) is 12.4. The molecular formula is C23H25ClFN5O2. The number of nitrogens with zero attached hydrogens (tertiary/aromatic N) is 3. The number of ether oxygens (including phenoxy) is 1.